The summed E-state index contributed by atoms with van der Waals surface area (Å²) in [7, 11) is 0. The molecule has 10 rings (SSSR count). The second-order valence-corrected chi connectivity index (χ2v) is 17.2. The Morgan fingerprint density at radius 3 is 2.50 bits per heavy atom. The number of phenolic OH excluding ortho intramolecular Hbond substituents is 1. The molecule has 1 aromatic carbocycles. The van der Waals surface area contributed by atoms with Crippen molar-refractivity contribution in [3.8, 4) is 17.6 Å². The highest BCUT2D eigenvalue weighted by Crippen LogP contribution is 2.71. The van der Waals surface area contributed by atoms with E-state index in [1.807, 2.05) is 12.1 Å². The van der Waals surface area contributed by atoms with Crippen LogP contribution >= 0.6 is 0 Å². The molecule has 4 nitrogen and oxygen atoms in total. The number of ether oxygens (including phenoxy) is 1. The van der Waals surface area contributed by atoms with E-state index in [9.17, 15) is 10.2 Å². The fraction of sp³-hybridized carbons (Fsp3) is 0.750. The molecule has 5 saturated carbocycles. The van der Waals surface area contributed by atoms with Gasteiger partial charge in [-0.25, -0.2) is 0 Å². The summed E-state index contributed by atoms with van der Waals surface area (Å²) in [4.78, 5) is 0. The normalized spacial score (nSPS) is 48.2. The van der Waals surface area contributed by atoms with Gasteiger partial charge in [-0.3, -0.25) is 0 Å². The Morgan fingerprint density at radius 1 is 0.886 bits per heavy atom. The molecule has 0 radical (unpaired) electrons. The topological polar surface area (TPSA) is 75.7 Å². The van der Waals surface area contributed by atoms with E-state index < -0.39 is 5.54 Å². The lowest BCUT2D eigenvalue weighted by atomic mass is 9.38. The van der Waals surface area contributed by atoms with Crippen molar-refractivity contribution in [1.29, 1.82) is 0 Å². The van der Waals surface area contributed by atoms with Gasteiger partial charge in [-0.15, -0.1) is 0 Å². The van der Waals surface area contributed by atoms with Crippen LogP contribution in [0.25, 0.3) is 0 Å². The highest BCUT2D eigenvalue weighted by atomic mass is 16.5. The van der Waals surface area contributed by atoms with Gasteiger partial charge < -0.3 is 20.7 Å². The van der Waals surface area contributed by atoms with Crippen LogP contribution in [-0.4, -0.2) is 33.6 Å². The van der Waals surface area contributed by atoms with Crippen LogP contribution in [0.2, 0.25) is 0 Å². The van der Waals surface area contributed by atoms with Crippen molar-refractivity contribution >= 4 is 0 Å². The predicted molar refractivity (Wildman–Crippen MR) is 173 cm³/mol. The molecule has 44 heavy (non-hydrogen) atoms. The molecule has 7 fully saturated rings. The highest BCUT2D eigenvalue weighted by Gasteiger charge is 2.76. The van der Waals surface area contributed by atoms with Gasteiger partial charge in [-0.2, -0.15) is 0 Å². The molecule has 8 bridgehead atoms. The van der Waals surface area contributed by atoms with Gasteiger partial charge in [-0.1, -0.05) is 62.2 Å². The monoisotopic (exact) mass is 595 g/mol. The minimum Gasteiger partial charge on any atom is -0.508 e. The van der Waals surface area contributed by atoms with E-state index in [0.29, 0.717) is 40.8 Å². The highest BCUT2D eigenvalue weighted by molar-refractivity contribution is 5.50. The predicted octanol–water partition coefficient (Wildman–Crippen LogP) is 7.58. The molecule has 2 aliphatic heterocycles. The number of benzene rings is 1. The second kappa shape index (κ2) is 9.85. The number of allylic oxidation sites excluding steroid dienone is 2. The van der Waals surface area contributed by atoms with E-state index in [1.165, 1.54) is 88.2 Å². The zero-order valence-electron chi connectivity index (χ0n) is 26.8. The standard InChI is InChI=1S/C40H53NO3/c1-37(28-7-3-2-4-8-28)36-26-9-12-29(24-42)40(36,41)35-16-11-25-10-14-32(33-15-13-31(43)20-34(25)33)27-19-30(39(35,22-26)44-37)23-38(21-27)17-5-6-18-38/h10,13-15,20,25-30,32,35-36,42-43H,2-9,12,17-19,21-24,41H2,1H3/t25-,26-,27+,29-,30+,32-,35+,36-,37+,39+,40-/m0/s1. The Hall–Kier alpha value is -1.80. The summed E-state index contributed by atoms with van der Waals surface area (Å²) in [6.45, 7) is 2.63. The largest absolute Gasteiger partial charge is 0.508 e. The fourth-order valence-electron chi connectivity index (χ4n) is 13.8. The lowest BCUT2D eigenvalue weighted by Gasteiger charge is -2.75. The van der Waals surface area contributed by atoms with Gasteiger partial charge in [0.25, 0.3) is 0 Å². The van der Waals surface area contributed by atoms with Gasteiger partial charge in [0.15, 0.2) is 0 Å². The van der Waals surface area contributed by atoms with Crippen LogP contribution < -0.4 is 5.73 Å². The van der Waals surface area contributed by atoms with Gasteiger partial charge in [-0.05, 0) is 123 Å². The average Bonchev–Trinajstić information content (AvgIpc) is 3.46. The molecule has 2 spiro atoms. The van der Waals surface area contributed by atoms with E-state index in [0.717, 1.165) is 19.3 Å². The summed E-state index contributed by atoms with van der Waals surface area (Å²) in [6, 6.07) is 6.08. The lowest BCUT2D eigenvalue weighted by molar-refractivity contribution is -0.361. The fourth-order valence-corrected chi connectivity index (χ4v) is 13.8. The summed E-state index contributed by atoms with van der Waals surface area (Å²) in [5.41, 5.74) is 9.80. The van der Waals surface area contributed by atoms with Crippen LogP contribution in [0.15, 0.2) is 30.4 Å². The SMILES string of the molecule is C[C@]1(C2CCCCC2)O[C@@]23C[C@@H]4CC[C@@H](CO)[C@](N)([C@@H]2C#C[C@@H]2C=C[C@H](c5ccc(O)cc52)[C@@H]2C[C@@H]3CC3(CCCC3)C2)[C@@H]41. The third kappa shape index (κ3) is 3.76. The van der Waals surface area contributed by atoms with Crippen molar-refractivity contribution in [2.45, 2.75) is 132 Å². The van der Waals surface area contributed by atoms with Crippen molar-refractivity contribution < 1.29 is 14.9 Å². The number of aliphatic hydroxyl groups is 1. The Kier molecular flexibility index (Phi) is 6.37. The number of hydrogen-bond donors (Lipinski definition) is 3. The Balaban J connectivity index is 1.28. The average molecular weight is 596 g/mol. The molecule has 0 unspecified atom stereocenters. The van der Waals surface area contributed by atoms with E-state index in [2.05, 4.69) is 37.0 Å². The van der Waals surface area contributed by atoms with Gasteiger partial charge in [0.05, 0.1) is 23.0 Å². The van der Waals surface area contributed by atoms with Crippen LogP contribution in [0, 0.1) is 58.7 Å². The number of aliphatic hydroxyl groups excluding tert-OH is 1. The Morgan fingerprint density at radius 2 is 1.70 bits per heavy atom. The zero-order valence-corrected chi connectivity index (χ0v) is 26.8. The molecule has 236 valence electrons. The first-order valence-electron chi connectivity index (χ1n) is 18.4. The first-order valence-corrected chi connectivity index (χ1v) is 18.4. The van der Waals surface area contributed by atoms with Gasteiger partial charge in [0, 0.05) is 29.9 Å². The minimum atomic E-state index is -0.555. The van der Waals surface area contributed by atoms with E-state index in [4.69, 9.17) is 10.5 Å². The number of fused-ring (bicyclic) bond motifs is 9. The Labute approximate surface area is 264 Å². The first-order chi connectivity index (χ1) is 21.3. The Bertz CT molecular complexity index is 1410. The number of hydrogen-bond acceptors (Lipinski definition) is 4. The van der Waals surface area contributed by atoms with Crippen LogP contribution in [-0.2, 0) is 4.74 Å². The number of nitrogens with two attached hydrogens (primary N) is 1. The van der Waals surface area contributed by atoms with E-state index >= 15 is 0 Å². The summed E-state index contributed by atoms with van der Waals surface area (Å²) in [6.07, 6.45) is 23.6. The molecule has 4 N–H and O–H groups in total. The van der Waals surface area contributed by atoms with Crippen LogP contribution in [0.3, 0.4) is 0 Å². The molecule has 2 saturated heterocycles. The lowest BCUT2D eigenvalue weighted by Crippen LogP contribution is -2.84. The van der Waals surface area contributed by atoms with E-state index in [-0.39, 0.29) is 41.5 Å². The maximum absolute atomic E-state index is 11.0. The first kappa shape index (κ1) is 28.4. The van der Waals surface area contributed by atoms with E-state index in [1.54, 1.807) is 0 Å². The van der Waals surface area contributed by atoms with Gasteiger partial charge in [0.1, 0.15) is 5.75 Å². The zero-order chi connectivity index (χ0) is 29.9. The number of phenols is 1. The quantitative estimate of drug-likeness (QED) is 0.243. The van der Waals surface area contributed by atoms with Crippen LogP contribution in [0.1, 0.15) is 126 Å². The summed E-state index contributed by atoms with van der Waals surface area (Å²) >= 11 is 0. The maximum Gasteiger partial charge on any atom is 0.115 e. The molecule has 4 heteroatoms. The summed E-state index contributed by atoms with van der Waals surface area (Å²) < 4.78 is 8.02. The van der Waals surface area contributed by atoms with Crippen molar-refractivity contribution in [1.82, 2.24) is 0 Å². The molecule has 2 heterocycles. The third-order valence-electron chi connectivity index (χ3n) is 15.3. The third-order valence-corrected chi connectivity index (χ3v) is 15.3. The maximum atomic E-state index is 11.0. The minimum absolute atomic E-state index is 0.0514. The smallest absolute Gasteiger partial charge is 0.115 e. The summed E-state index contributed by atoms with van der Waals surface area (Å²) in [5, 5.41) is 21.7. The van der Waals surface area contributed by atoms with Crippen molar-refractivity contribution in [2.24, 2.45) is 52.6 Å². The summed E-state index contributed by atoms with van der Waals surface area (Å²) in [5.74, 6) is 10.7. The second-order valence-electron chi connectivity index (χ2n) is 17.2. The van der Waals surface area contributed by atoms with Crippen molar-refractivity contribution in [3.63, 3.8) is 0 Å². The molecule has 0 amide bonds. The molecule has 0 aromatic heterocycles. The van der Waals surface area contributed by atoms with Crippen molar-refractivity contribution in [2.75, 3.05) is 6.61 Å². The molecular weight excluding hydrogens is 542 g/mol. The molecule has 7 aliphatic carbocycles. The molecule has 1 aromatic rings. The number of rotatable bonds is 2. The van der Waals surface area contributed by atoms with Crippen molar-refractivity contribution in [3.05, 3.63) is 41.5 Å². The molecule has 9 aliphatic rings. The number of aromatic hydroxyl groups is 1. The van der Waals surface area contributed by atoms with Crippen LogP contribution in [0.4, 0.5) is 0 Å². The van der Waals surface area contributed by atoms with Crippen LogP contribution in [0.5, 0.6) is 5.75 Å². The van der Waals surface area contributed by atoms with Gasteiger partial charge in [0.2, 0.25) is 0 Å². The molecule has 11 atom stereocenters. The van der Waals surface area contributed by atoms with Gasteiger partial charge >= 0.3 is 0 Å². The molecular formula is C40H53NO3.